The molecule has 0 atom stereocenters. The summed E-state index contributed by atoms with van der Waals surface area (Å²) in [5.74, 6) is 0.342. The van der Waals surface area contributed by atoms with Crippen LogP contribution in [0.1, 0.15) is 21.7 Å². The fourth-order valence-electron chi connectivity index (χ4n) is 4.72. The van der Waals surface area contributed by atoms with Crippen LogP contribution in [0.4, 0.5) is 5.69 Å². The topological polar surface area (TPSA) is 115 Å². The summed E-state index contributed by atoms with van der Waals surface area (Å²) in [6, 6.07) is 20.5. The highest BCUT2D eigenvalue weighted by Crippen LogP contribution is 2.40. The van der Waals surface area contributed by atoms with Crippen molar-refractivity contribution < 1.29 is 14.3 Å². The first-order valence-corrected chi connectivity index (χ1v) is 13.4. The highest BCUT2D eigenvalue weighted by molar-refractivity contribution is 6.10. The van der Waals surface area contributed by atoms with Crippen molar-refractivity contribution >= 4 is 23.0 Å². The molecule has 9 heteroatoms. The number of primary amides is 1. The Bertz CT molecular complexity index is 1790. The maximum Gasteiger partial charge on any atom is 0.251 e. The van der Waals surface area contributed by atoms with Crippen molar-refractivity contribution in [1.82, 2.24) is 19.3 Å². The first-order chi connectivity index (χ1) is 20.2. The molecule has 212 valence electrons. The van der Waals surface area contributed by atoms with Gasteiger partial charge in [-0.2, -0.15) is 0 Å². The molecule has 0 aliphatic carbocycles. The lowest BCUT2D eigenvalue weighted by atomic mass is 9.96. The zero-order chi connectivity index (χ0) is 29.8. The van der Waals surface area contributed by atoms with Gasteiger partial charge in [0, 0.05) is 41.8 Å². The minimum atomic E-state index is -0.558. The lowest BCUT2D eigenvalue weighted by Crippen LogP contribution is -2.12. The lowest BCUT2D eigenvalue weighted by Gasteiger charge is -2.11. The molecule has 3 aromatic heterocycles. The van der Waals surface area contributed by atoms with Gasteiger partial charge in [0.1, 0.15) is 5.75 Å². The molecule has 5 aromatic rings. The molecule has 3 N–H and O–H groups in total. The molecular formula is C33H32N6O3. The molecule has 0 bridgehead atoms. The summed E-state index contributed by atoms with van der Waals surface area (Å²) >= 11 is 0. The number of hydrogen-bond donors (Lipinski definition) is 2. The highest BCUT2D eigenvalue weighted by atomic mass is 16.5. The van der Waals surface area contributed by atoms with E-state index in [4.69, 9.17) is 10.5 Å². The molecule has 2 aromatic carbocycles. The molecule has 0 saturated carbocycles. The van der Waals surface area contributed by atoms with Crippen molar-refractivity contribution in [2.24, 2.45) is 5.73 Å². The smallest absolute Gasteiger partial charge is 0.251 e. The number of carbonyl (C=O) groups is 2. The van der Waals surface area contributed by atoms with Gasteiger partial charge in [0.15, 0.2) is 0 Å². The minimum absolute atomic E-state index is 0.209. The standard InChI is InChI=1S/C33H32N6O3/c1-21-7-5-9-29(36-21)42-26-16-12-23(13-17-26)30-31(33(34)41)27-19-35-22(2)20-39(27)32(30)24-10-14-25(15-11-24)37-28(40)8-6-18-38(3)4/h5-17,19-20H,18H2,1-4H3,(H2,34,41)(H,37,40)/b8-6+. The van der Waals surface area contributed by atoms with Crippen LogP contribution in [-0.4, -0.2) is 51.7 Å². The third kappa shape index (κ3) is 6.21. The van der Waals surface area contributed by atoms with Crippen LogP contribution in [0.5, 0.6) is 11.6 Å². The first-order valence-electron chi connectivity index (χ1n) is 13.4. The summed E-state index contributed by atoms with van der Waals surface area (Å²) in [4.78, 5) is 36.0. The van der Waals surface area contributed by atoms with Gasteiger partial charge in [-0.1, -0.05) is 36.4 Å². The average molecular weight is 561 g/mol. The maximum absolute atomic E-state index is 12.9. The van der Waals surface area contributed by atoms with E-state index >= 15 is 0 Å². The van der Waals surface area contributed by atoms with Gasteiger partial charge < -0.3 is 25.1 Å². The average Bonchev–Trinajstić information content (AvgIpc) is 3.28. The minimum Gasteiger partial charge on any atom is -0.439 e. The third-order valence-corrected chi connectivity index (χ3v) is 6.59. The van der Waals surface area contributed by atoms with Crippen LogP contribution < -0.4 is 15.8 Å². The number of aromatic nitrogens is 3. The Morgan fingerprint density at radius 1 is 0.976 bits per heavy atom. The zero-order valence-corrected chi connectivity index (χ0v) is 24.0. The Morgan fingerprint density at radius 3 is 2.36 bits per heavy atom. The van der Waals surface area contributed by atoms with Gasteiger partial charge in [-0.3, -0.25) is 14.6 Å². The Hall–Kier alpha value is -5.28. The lowest BCUT2D eigenvalue weighted by molar-refractivity contribution is -0.111. The number of amides is 2. The van der Waals surface area contributed by atoms with Crippen molar-refractivity contribution in [1.29, 1.82) is 0 Å². The number of nitrogens with two attached hydrogens (primary N) is 1. The molecule has 5 rings (SSSR count). The van der Waals surface area contributed by atoms with E-state index < -0.39 is 5.91 Å². The third-order valence-electron chi connectivity index (χ3n) is 6.59. The number of anilines is 1. The van der Waals surface area contributed by atoms with E-state index in [2.05, 4.69) is 15.3 Å². The number of ether oxygens (including phenoxy) is 1. The van der Waals surface area contributed by atoms with Crippen molar-refractivity contribution in [3.8, 4) is 34.0 Å². The van der Waals surface area contributed by atoms with Crippen LogP contribution >= 0.6 is 0 Å². The fourth-order valence-corrected chi connectivity index (χ4v) is 4.72. The van der Waals surface area contributed by atoms with Crippen molar-refractivity contribution in [3.63, 3.8) is 0 Å². The van der Waals surface area contributed by atoms with E-state index in [-0.39, 0.29) is 5.91 Å². The monoisotopic (exact) mass is 560 g/mol. The number of benzene rings is 2. The molecule has 0 saturated heterocycles. The number of rotatable bonds is 9. The van der Waals surface area contributed by atoms with Crippen LogP contribution in [0.15, 0.2) is 91.3 Å². The second-order valence-electron chi connectivity index (χ2n) is 10.2. The molecule has 42 heavy (non-hydrogen) atoms. The van der Waals surface area contributed by atoms with Crippen molar-refractivity contribution in [2.45, 2.75) is 13.8 Å². The summed E-state index contributed by atoms with van der Waals surface area (Å²) in [7, 11) is 3.87. The number of likely N-dealkylation sites (N-methyl/N-ethyl adjacent to an activating group) is 1. The van der Waals surface area contributed by atoms with E-state index in [9.17, 15) is 9.59 Å². The second kappa shape index (κ2) is 12.1. The molecule has 0 spiro atoms. The normalized spacial score (nSPS) is 11.4. The van der Waals surface area contributed by atoms with Crippen molar-refractivity contribution in [3.05, 3.63) is 108 Å². The van der Waals surface area contributed by atoms with Crippen LogP contribution in [0.2, 0.25) is 0 Å². The molecule has 0 unspecified atom stereocenters. The first kappa shape index (κ1) is 28.3. The van der Waals surface area contributed by atoms with E-state index in [1.165, 1.54) is 6.08 Å². The summed E-state index contributed by atoms with van der Waals surface area (Å²) in [6.45, 7) is 4.46. The Morgan fingerprint density at radius 2 is 1.69 bits per heavy atom. The second-order valence-corrected chi connectivity index (χ2v) is 10.2. The van der Waals surface area contributed by atoms with Gasteiger partial charge in [-0.15, -0.1) is 0 Å². The summed E-state index contributed by atoms with van der Waals surface area (Å²) < 4.78 is 7.88. The van der Waals surface area contributed by atoms with Crippen LogP contribution in [-0.2, 0) is 4.79 Å². The van der Waals surface area contributed by atoms with Crippen LogP contribution in [0.25, 0.3) is 27.9 Å². The number of nitrogens with one attached hydrogen (secondary N) is 1. The van der Waals surface area contributed by atoms with E-state index in [1.807, 2.05) is 104 Å². The fraction of sp³-hybridized carbons (Fsp3) is 0.152. The molecule has 0 fully saturated rings. The largest absolute Gasteiger partial charge is 0.439 e. The molecule has 0 aliphatic rings. The van der Waals surface area contributed by atoms with Crippen LogP contribution in [0, 0.1) is 13.8 Å². The van der Waals surface area contributed by atoms with Gasteiger partial charge in [0.25, 0.3) is 5.91 Å². The van der Waals surface area contributed by atoms with Gasteiger partial charge in [-0.25, -0.2) is 4.98 Å². The predicted molar refractivity (Wildman–Crippen MR) is 165 cm³/mol. The summed E-state index contributed by atoms with van der Waals surface area (Å²) in [5.41, 5.74) is 12.3. The Kier molecular flexibility index (Phi) is 8.12. The molecule has 3 heterocycles. The Labute approximate surface area is 244 Å². The molecule has 2 amide bonds. The van der Waals surface area contributed by atoms with E-state index in [1.54, 1.807) is 18.3 Å². The number of fused-ring (bicyclic) bond motifs is 1. The molecule has 0 aliphatic heterocycles. The van der Waals surface area contributed by atoms with Crippen molar-refractivity contribution in [2.75, 3.05) is 26.0 Å². The van der Waals surface area contributed by atoms with Gasteiger partial charge in [0.05, 0.1) is 28.7 Å². The van der Waals surface area contributed by atoms with Gasteiger partial charge >= 0.3 is 0 Å². The molecule has 9 nitrogen and oxygen atoms in total. The van der Waals surface area contributed by atoms with Crippen LogP contribution in [0.3, 0.4) is 0 Å². The zero-order valence-electron chi connectivity index (χ0n) is 24.0. The number of pyridine rings is 1. The highest BCUT2D eigenvalue weighted by Gasteiger charge is 2.25. The van der Waals surface area contributed by atoms with E-state index in [0.717, 1.165) is 28.2 Å². The molecular weight excluding hydrogens is 528 g/mol. The number of nitrogens with zero attached hydrogens (tertiary/aromatic N) is 4. The van der Waals surface area contributed by atoms with Gasteiger partial charge in [0.2, 0.25) is 11.8 Å². The predicted octanol–water partition coefficient (Wildman–Crippen LogP) is 5.63. The van der Waals surface area contributed by atoms with E-state index in [0.29, 0.717) is 40.5 Å². The number of carbonyl (C=O) groups excluding carboxylic acids is 2. The summed E-state index contributed by atoms with van der Waals surface area (Å²) in [5, 5.41) is 2.89. The Balaban J connectivity index is 1.55. The SMILES string of the molecule is Cc1cn2c(-c3ccc(NC(=O)/C=C/CN(C)C)cc3)c(-c3ccc(Oc4cccc(C)n4)cc3)c(C(N)=O)c2cn1. The number of hydrogen-bond acceptors (Lipinski definition) is 6. The maximum atomic E-state index is 12.9. The molecule has 0 radical (unpaired) electrons. The number of aryl methyl sites for hydroxylation is 2. The quantitative estimate of drug-likeness (QED) is 0.226. The van der Waals surface area contributed by atoms with Gasteiger partial charge in [-0.05, 0) is 69.4 Å². The summed E-state index contributed by atoms with van der Waals surface area (Å²) in [6.07, 6.45) is 6.87.